The maximum Gasteiger partial charge on any atom is 0.265 e. The fourth-order valence-corrected chi connectivity index (χ4v) is 5.59. The van der Waals surface area contributed by atoms with Crippen molar-refractivity contribution in [1.82, 2.24) is 0 Å². The lowest BCUT2D eigenvalue weighted by molar-refractivity contribution is -0.114. The molecule has 0 atom stereocenters. The lowest BCUT2D eigenvalue weighted by Crippen LogP contribution is -2.38. The largest absolute Gasteiger partial charge is 0.325 e. The number of hydrogen-bond acceptors (Lipinski definition) is 3. The topological polar surface area (TPSA) is 66.5 Å². The van der Waals surface area contributed by atoms with Crippen LogP contribution in [0.1, 0.15) is 16.7 Å². The van der Waals surface area contributed by atoms with Crippen molar-refractivity contribution in [3.8, 4) is 0 Å². The Morgan fingerprint density at radius 2 is 1.55 bits per heavy atom. The van der Waals surface area contributed by atoms with Crippen molar-refractivity contribution < 1.29 is 13.2 Å². The average molecular weight is 459 g/mol. The highest BCUT2D eigenvalue weighted by Gasteiger charge is 2.30. The molecule has 0 aliphatic carbocycles. The van der Waals surface area contributed by atoms with Gasteiger partial charge in [0, 0.05) is 11.1 Å². The molecule has 0 spiro atoms. The fraction of sp³-hybridized carbons (Fsp3) is 0.148. The highest BCUT2D eigenvalue weighted by molar-refractivity contribution is 7.93. The molecule has 33 heavy (non-hydrogen) atoms. The fourth-order valence-electron chi connectivity index (χ4n) is 3.90. The van der Waals surface area contributed by atoms with Crippen molar-refractivity contribution in [3.63, 3.8) is 0 Å². The molecule has 0 heterocycles. The third kappa shape index (κ3) is 4.61. The van der Waals surface area contributed by atoms with Crippen LogP contribution in [-0.4, -0.2) is 20.9 Å². The molecular weight excluding hydrogens is 432 g/mol. The summed E-state index contributed by atoms with van der Waals surface area (Å²) in [5.41, 5.74) is 3.88. The van der Waals surface area contributed by atoms with Crippen LogP contribution in [0.3, 0.4) is 0 Å². The molecular formula is C27H26N2O3S. The third-order valence-electron chi connectivity index (χ3n) is 5.75. The summed E-state index contributed by atoms with van der Waals surface area (Å²) in [6.07, 6.45) is 0. The summed E-state index contributed by atoms with van der Waals surface area (Å²) >= 11 is 0. The van der Waals surface area contributed by atoms with Gasteiger partial charge >= 0.3 is 0 Å². The Balaban J connectivity index is 1.80. The summed E-state index contributed by atoms with van der Waals surface area (Å²) in [4.78, 5) is 13.2. The van der Waals surface area contributed by atoms with Gasteiger partial charge in [-0.3, -0.25) is 9.10 Å². The maximum atomic E-state index is 14.0. The second-order valence-corrected chi connectivity index (χ2v) is 9.96. The van der Waals surface area contributed by atoms with E-state index in [1.165, 1.54) is 4.31 Å². The predicted molar refractivity (Wildman–Crippen MR) is 134 cm³/mol. The zero-order valence-electron chi connectivity index (χ0n) is 18.9. The molecule has 0 aliphatic rings. The Hall–Kier alpha value is -3.64. The van der Waals surface area contributed by atoms with E-state index in [4.69, 9.17) is 0 Å². The first kappa shape index (κ1) is 22.6. The van der Waals surface area contributed by atoms with E-state index in [1.54, 1.807) is 30.3 Å². The van der Waals surface area contributed by atoms with E-state index in [0.717, 1.165) is 22.1 Å². The molecule has 6 heteroatoms. The van der Waals surface area contributed by atoms with Crippen molar-refractivity contribution in [3.05, 3.63) is 102 Å². The van der Waals surface area contributed by atoms with Crippen LogP contribution in [0.4, 0.5) is 11.4 Å². The summed E-state index contributed by atoms with van der Waals surface area (Å²) in [5.74, 6) is -0.412. The van der Waals surface area contributed by atoms with Gasteiger partial charge in [-0.15, -0.1) is 0 Å². The Bertz CT molecular complexity index is 1440. The highest BCUT2D eigenvalue weighted by Crippen LogP contribution is 2.32. The zero-order chi connectivity index (χ0) is 23.6. The van der Waals surface area contributed by atoms with Crippen molar-refractivity contribution in [2.24, 2.45) is 0 Å². The first-order chi connectivity index (χ1) is 15.8. The molecule has 0 unspecified atom stereocenters. The standard InChI is InChI=1S/C27H26N2O3S/c1-19-9-6-13-23(17-19)28-27(30)18-29(25-15-7-10-20(2)21(25)3)33(31,32)26-16-8-12-22-11-4-5-14-24(22)26/h4-17H,18H2,1-3H3,(H,28,30). The molecule has 1 amide bonds. The summed E-state index contributed by atoms with van der Waals surface area (Å²) < 4.78 is 29.2. The molecule has 0 bridgehead atoms. The van der Waals surface area contributed by atoms with Crippen molar-refractivity contribution >= 4 is 38.1 Å². The number of nitrogens with zero attached hydrogens (tertiary/aromatic N) is 1. The molecule has 4 rings (SSSR count). The van der Waals surface area contributed by atoms with E-state index >= 15 is 0 Å². The number of hydrogen-bond donors (Lipinski definition) is 1. The van der Waals surface area contributed by atoms with Crippen LogP contribution in [0.2, 0.25) is 0 Å². The van der Waals surface area contributed by atoms with Crippen molar-refractivity contribution in [2.45, 2.75) is 25.7 Å². The van der Waals surface area contributed by atoms with Crippen LogP contribution in [0.5, 0.6) is 0 Å². The first-order valence-electron chi connectivity index (χ1n) is 10.7. The van der Waals surface area contributed by atoms with Crippen LogP contribution in [-0.2, 0) is 14.8 Å². The molecule has 1 N–H and O–H groups in total. The molecule has 0 saturated carbocycles. The summed E-state index contributed by atoms with van der Waals surface area (Å²) in [7, 11) is -4.04. The van der Waals surface area contributed by atoms with E-state index in [2.05, 4.69) is 5.32 Å². The van der Waals surface area contributed by atoms with Gasteiger partial charge in [0.15, 0.2) is 0 Å². The van der Waals surface area contributed by atoms with Gasteiger partial charge in [0.2, 0.25) is 5.91 Å². The summed E-state index contributed by atoms with van der Waals surface area (Å²) in [6.45, 7) is 5.38. The lowest BCUT2D eigenvalue weighted by Gasteiger charge is -2.27. The minimum Gasteiger partial charge on any atom is -0.325 e. The summed E-state index contributed by atoms with van der Waals surface area (Å²) in [6, 6.07) is 25.4. The number of anilines is 2. The molecule has 0 radical (unpaired) electrons. The monoisotopic (exact) mass is 458 g/mol. The second kappa shape index (κ2) is 9.08. The second-order valence-electron chi connectivity index (χ2n) is 8.13. The average Bonchev–Trinajstić information content (AvgIpc) is 2.79. The number of aryl methyl sites for hydroxylation is 2. The normalized spacial score (nSPS) is 11.4. The maximum absolute atomic E-state index is 14.0. The van der Waals surface area contributed by atoms with E-state index in [9.17, 15) is 13.2 Å². The Morgan fingerprint density at radius 1 is 0.848 bits per heavy atom. The number of nitrogens with one attached hydrogen (secondary N) is 1. The Labute approximate surface area is 194 Å². The van der Waals surface area contributed by atoms with Crippen LogP contribution in [0.15, 0.2) is 89.8 Å². The third-order valence-corrected chi connectivity index (χ3v) is 7.57. The molecule has 168 valence electrons. The van der Waals surface area contributed by atoms with Crippen LogP contribution >= 0.6 is 0 Å². The van der Waals surface area contributed by atoms with Crippen LogP contribution < -0.4 is 9.62 Å². The molecule has 0 aliphatic heterocycles. The Kier molecular flexibility index (Phi) is 6.20. The van der Waals surface area contributed by atoms with Gasteiger partial charge in [-0.05, 0) is 67.1 Å². The van der Waals surface area contributed by atoms with Gasteiger partial charge in [0.05, 0.1) is 10.6 Å². The number of rotatable bonds is 6. The smallest absolute Gasteiger partial charge is 0.265 e. The molecule has 4 aromatic rings. The minimum absolute atomic E-state index is 0.171. The van der Waals surface area contributed by atoms with Gasteiger partial charge in [-0.1, -0.05) is 60.7 Å². The summed E-state index contributed by atoms with van der Waals surface area (Å²) in [5, 5.41) is 4.28. The van der Waals surface area contributed by atoms with Gasteiger partial charge in [-0.2, -0.15) is 0 Å². The molecule has 5 nitrogen and oxygen atoms in total. The van der Waals surface area contributed by atoms with Gasteiger partial charge < -0.3 is 5.32 Å². The van der Waals surface area contributed by atoms with Crippen LogP contribution in [0, 0.1) is 20.8 Å². The van der Waals surface area contributed by atoms with E-state index in [-0.39, 0.29) is 11.4 Å². The first-order valence-corrected chi connectivity index (χ1v) is 12.1. The van der Waals surface area contributed by atoms with Gasteiger partial charge in [-0.25, -0.2) is 8.42 Å². The van der Waals surface area contributed by atoms with E-state index < -0.39 is 15.9 Å². The quantitative estimate of drug-likeness (QED) is 0.409. The molecule has 4 aromatic carbocycles. The number of amides is 1. The predicted octanol–water partition coefficient (Wildman–Crippen LogP) is 5.60. The SMILES string of the molecule is Cc1cccc(NC(=O)CN(c2cccc(C)c2C)S(=O)(=O)c2cccc3ccccc23)c1. The number of carbonyl (C=O) groups excluding carboxylic acids is 1. The molecule has 0 fully saturated rings. The minimum atomic E-state index is -4.04. The van der Waals surface area contributed by atoms with Gasteiger partial charge in [0.1, 0.15) is 6.54 Å². The number of sulfonamides is 1. The molecule has 0 aromatic heterocycles. The number of carbonyl (C=O) groups is 1. The van der Waals surface area contributed by atoms with Gasteiger partial charge in [0.25, 0.3) is 10.0 Å². The number of fused-ring (bicyclic) bond motifs is 1. The highest BCUT2D eigenvalue weighted by atomic mass is 32.2. The lowest BCUT2D eigenvalue weighted by atomic mass is 10.1. The van der Waals surface area contributed by atoms with E-state index in [1.807, 2.05) is 75.4 Å². The van der Waals surface area contributed by atoms with Crippen LogP contribution in [0.25, 0.3) is 10.8 Å². The Morgan fingerprint density at radius 3 is 2.33 bits per heavy atom. The zero-order valence-corrected chi connectivity index (χ0v) is 19.7. The van der Waals surface area contributed by atoms with Crippen molar-refractivity contribution in [1.29, 1.82) is 0 Å². The molecule has 0 saturated heterocycles. The number of benzene rings is 4. The van der Waals surface area contributed by atoms with E-state index in [0.29, 0.717) is 16.8 Å². The van der Waals surface area contributed by atoms with Crippen molar-refractivity contribution in [2.75, 3.05) is 16.2 Å².